The molecule has 2 rings (SSSR count). The Morgan fingerprint density at radius 1 is 0.500 bits per heavy atom. The first kappa shape index (κ1) is 46.1. The van der Waals surface area contributed by atoms with Gasteiger partial charge in [-0.1, -0.05) is 62.8 Å². The first-order chi connectivity index (χ1) is 17.1. The second kappa shape index (κ2) is 24.0. The third-order valence-electron chi connectivity index (χ3n) is 5.80. The fraction of sp³-hybridized carbons (Fsp3) is 0.417. The summed E-state index contributed by atoms with van der Waals surface area (Å²) in [6, 6.07) is 10.6. The van der Waals surface area contributed by atoms with E-state index in [2.05, 4.69) is 0 Å². The van der Waals surface area contributed by atoms with Crippen LogP contribution in [-0.4, -0.2) is 25.9 Å². The van der Waals surface area contributed by atoms with Gasteiger partial charge in [0.05, 0.1) is 0 Å². The van der Waals surface area contributed by atoms with Gasteiger partial charge in [-0.15, -0.1) is 0 Å². The number of benzene rings is 2. The molecule has 0 aromatic heterocycles. The molecule has 0 aliphatic rings. The van der Waals surface area contributed by atoms with Gasteiger partial charge in [0, 0.05) is 24.5 Å². The Hall–Kier alpha value is 1.68. The van der Waals surface area contributed by atoms with Crippen LogP contribution in [0.5, 0.6) is 0 Å². The van der Waals surface area contributed by atoms with E-state index in [0.717, 1.165) is 51.4 Å². The molecule has 0 spiro atoms. The van der Waals surface area contributed by atoms with E-state index in [0.29, 0.717) is 37.3 Å². The van der Waals surface area contributed by atoms with Crippen LogP contribution in [-0.2, 0) is 18.7 Å². The molecule has 2 aromatic carbocycles. The molecule has 2 amide bonds. The second-order valence-electron chi connectivity index (χ2n) is 8.45. The van der Waals surface area contributed by atoms with Gasteiger partial charge in [-0.05, 0) is 62.9 Å². The maximum atomic E-state index is 11.4. The summed E-state index contributed by atoms with van der Waals surface area (Å²) in [6.07, 6.45) is 8.95. The van der Waals surface area contributed by atoms with Gasteiger partial charge in [0.1, 0.15) is 0 Å². The number of hydrogen-bond acceptors (Lipinski definition) is 8. The molecule has 0 radical (unpaired) electrons. The third-order valence-corrected chi connectivity index (χ3v) is 7.66. The Labute approximate surface area is 324 Å². The zero-order chi connectivity index (χ0) is 26.6. The third kappa shape index (κ3) is 17.2. The van der Waals surface area contributed by atoms with Gasteiger partial charge >= 0.3 is 118 Å². The summed E-state index contributed by atoms with van der Waals surface area (Å²) in [7, 11) is -9.60. The Bertz CT molecular complexity index is 984. The number of carbonyl (C=O) groups is 2. The first-order valence-electron chi connectivity index (χ1n) is 11.8. The standard InChI is InChI=1S/C24H34N2O8P2.4Na/c27-19-25(21-9-13-23(14-10-21)35(29,30)31)17-7-5-3-1-2-4-6-8-18-26(20-28)22-11-15-24(16-12-22)36(32,33)34;;;;/h9-16,19-20H,1-8,17-18H2,(H2,29,30,31)(H2,32,33,34);;;;/q;4*+1/p-4. The number of amides is 2. The zero-order valence-corrected chi connectivity index (χ0v) is 33.7. The number of unbranched alkanes of at least 4 members (excludes halogenated alkanes) is 7. The van der Waals surface area contributed by atoms with Crippen molar-refractivity contribution in [2.24, 2.45) is 0 Å². The number of nitrogens with zero attached hydrogens (tertiary/aromatic N) is 2. The van der Waals surface area contributed by atoms with Gasteiger partial charge in [-0.25, -0.2) is 0 Å². The van der Waals surface area contributed by atoms with Crippen molar-refractivity contribution in [3.63, 3.8) is 0 Å². The number of anilines is 2. The molecule has 2 aromatic rings. The predicted molar refractivity (Wildman–Crippen MR) is 131 cm³/mol. The Morgan fingerprint density at radius 2 is 0.750 bits per heavy atom. The SMILES string of the molecule is O=CN(CCCCCCCCCCN(C=O)c1ccc(P(=O)([O-])[O-])cc1)c1ccc(P(=O)([O-])[O-])cc1.[Na+].[Na+].[Na+].[Na+]. The van der Waals surface area contributed by atoms with E-state index in [1.807, 2.05) is 0 Å². The van der Waals surface area contributed by atoms with E-state index in [1.54, 1.807) is 0 Å². The fourth-order valence-electron chi connectivity index (χ4n) is 3.76. The molecule has 0 saturated carbocycles. The molecule has 0 saturated heterocycles. The Balaban J connectivity index is -0.00000342. The van der Waals surface area contributed by atoms with Gasteiger partial charge in [-0.2, -0.15) is 0 Å². The average Bonchev–Trinajstić information content (AvgIpc) is 2.84. The minimum Gasteiger partial charge on any atom is -0.807 e. The summed E-state index contributed by atoms with van der Waals surface area (Å²) >= 11 is 0. The molecule has 198 valence electrons. The van der Waals surface area contributed by atoms with Crippen molar-refractivity contribution in [2.75, 3.05) is 22.9 Å². The van der Waals surface area contributed by atoms with Crippen LogP contribution in [0.1, 0.15) is 51.4 Å². The summed E-state index contributed by atoms with van der Waals surface area (Å²) in [5, 5.41) is -0.605. The Kier molecular flexibility index (Phi) is 27.6. The zero-order valence-electron chi connectivity index (χ0n) is 23.9. The van der Waals surface area contributed by atoms with Gasteiger partial charge in [0.15, 0.2) is 0 Å². The van der Waals surface area contributed by atoms with Crippen molar-refractivity contribution in [3.8, 4) is 0 Å². The molecule has 0 bridgehead atoms. The molecule has 0 unspecified atom stereocenters. The molecule has 10 nitrogen and oxygen atoms in total. The van der Waals surface area contributed by atoms with Gasteiger partial charge in [-0.3, -0.25) is 9.59 Å². The van der Waals surface area contributed by atoms with Crippen molar-refractivity contribution in [3.05, 3.63) is 48.5 Å². The van der Waals surface area contributed by atoms with Gasteiger partial charge in [0.2, 0.25) is 12.8 Å². The van der Waals surface area contributed by atoms with Crippen LogP contribution in [0.2, 0.25) is 0 Å². The summed E-state index contributed by atoms with van der Waals surface area (Å²) in [5.41, 5.74) is 1.08. The molecular formula is C24H30N2Na4O8P2. The minimum absolute atomic E-state index is 0. The van der Waals surface area contributed by atoms with E-state index in [9.17, 15) is 38.3 Å². The molecule has 0 atom stereocenters. The molecule has 0 fully saturated rings. The van der Waals surface area contributed by atoms with E-state index < -0.39 is 15.2 Å². The number of hydrogen-bond donors (Lipinski definition) is 0. The monoisotopic (exact) mass is 628 g/mol. The quantitative estimate of drug-likeness (QED) is 0.0721. The molecule has 0 aliphatic carbocycles. The normalized spacial score (nSPS) is 10.6. The van der Waals surface area contributed by atoms with Crippen LogP contribution in [0.25, 0.3) is 0 Å². The maximum Gasteiger partial charge on any atom is 1.00 e. The number of rotatable bonds is 17. The van der Waals surface area contributed by atoms with E-state index >= 15 is 0 Å². The topological polar surface area (TPSA) is 167 Å². The van der Waals surface area contributed by atoms with Crippen molar-refractivity contribution < 1.29 is 157 Å². The second-order valence-corrected chi connectivity index (χ2v) is 11.5. The summed E-state index contributed by atoms with van der Waals surface area (Å²) in [4.78, 5) is 69.8. The summed E-state index contributed by atoms with van der Waals surface area (Å²) < 4.78 is 22.1. The van der Waals surface area contributed by atoms with Crippen LogP contribution in [0, 0.1) is 0 Å². The van der Waals surface area contributed by atoms with Crippen LogP contribution < -0.4 is 158 Å². The number of carbonyl (C=O) groups excluding carboxylic acids is 2. The molecule has 16 heteroatoms. The summed E-state index contributed by atoms with van der Waals surface area (Å²) in [5.74, 6) is 0. The molecule has 0 heterocycles. The van der Waals surface area contributed by atoms with Crippen LogP contribution in [0.15, 0.2) is 48.5 Å². The largest absolute Gasteiger partial charge is 1.00 e. The van der Waals surface area contributed by atoms with Crippen molar-refractivity contribution in [1.82, 2.24) is 0 Å². The van der Waals surface area contributed by atoms with Crippen molar-refractivity contribution in [1.29, 1.82) is 0 Å². The minimum atomic E-state index is -4.80. The Morgan fingerprint density at radius 3 is 0.975 bits per heavy atom. The smallest absolute Gasteiger partial charge is 0.807 e. The molecule has 0 aliphatic heterocycles. The average molecular weight is 628 g/mol. The fourth-order valence-corrected chi connectivity index (χ4v) is 4.79. The van der Waals surface area contributed by atoms with E-state index in [4.69, 9.17) is 0 Å². The summed E-state index contributed by atoms with van der Waals surface area (Å²) in [6.45, 7) is 0.998. The first-order valence-corrected chi connectivity index (χ1v) is 14.8. The van der Waals surface area contributed by atoms with Crippen LogP contribution >= 0.6 is 15.2 Å². The van der Waals surface area contributed by atoms with Crippen molar-refractivity contribution >= 4 is 50.0 Å². The van der Waals surface area contributed by atoms with Crippen LogP contribution in [0.4, 0.5) is 11.4 Å². The van der Waals surface area contributed by atoms with E-state index in [1.165, 1.54) is 58.3 Å². The van der Waals surface area contributed by atoms with E-state index in [-0.39, 0.29) is 129 Å². The van der Waals surface area contributed by atoms with Crippen LogP contribution in [0.3, 0.4) is 0 Å². The predicted octanol–water partition coefficient (Wildman–Crippen LogP) is -11.5. The van der Waals surface area contributed by atoms with Crippen molar-refractivity contribution in [2.45, 2.75) is 51.4 Å². The maximum absolute atomic E-state index is 11.4. The van der Waals surface area contributed by atoms with Gasteiger partial charge in [0.25, 0.3) is 0 Å². The molecule has 40 heavy (non-hydrogen) atoms. The molecule has 0 N–H and O–H groups in total. The van der Waals surface area contributed by atoms with Gasteiger partial charge < -0.3 is 38.5 Å². The molecular weight excluding hydrogens is 598 g/mol.